The number of benzene rings is 1. The first-order valence-corrected chi connectivity index (χ1v) is 6.73. The van der Waals surface area contributed by atoms with Crippen LogP contribution in [0.25, 0.3) is 0 Å². The normalized spacial score (nSPS) is 10.4. The van der Waals surface area contributed by atoms with Gasteiger partial charge in [-0.15, -0.1) is 0 Å². The van der Waals surface area contributed by atoms with Gasteiger partial charge < -0.3 is 15.7 Å². The summed E-state index contributed by atoms with van der Waals surface area (Å²) in [5.41, 5.74) is 6.07. The number of carboxylic acids is 1. The summed E-state index contributed by atoms with van der Waals surface area (Å²) < 4.78 is 0. The van der Waals surface area contributed by atoms with Crippen LogP contribution in [0.2, 0.25) is 0 Å². The molecular formula is C15H20N2O4. The first-order chi connectivity index (χ1) is 9.81. The zero-order valence-electron chi connectivity index (χ0n) is 12.2. The summed E-state index contributed by atoms with van der Waals surface area (Å²) in [6.07, 6.45) is 0.193. The van der Waals surface area contributed by atoms with Crippen molar-refractivity contribution in [2.45, 2.75) is 26.7 Å². The summed E-state index contributed by atoms with van der Waals surface area (Å²) in [7, 11) is 0. The minimum absolute atomic E-state index is 0.0941. The molecule has 3 N–H and O–H groups in total. The Morgan fingerprint density at radius 2 is 1.76 bits per heavy atom. The second-order valence-electron chi connectivity index (χ2n) is 5.20. The van der Waals surface area contributed by atoms with Crippen molar-refractivity contribution < 1.29 is 19.5 Å². The van der Waals surface area contributed by atoms with Crippen LogP contribution in [0.3, 0.4) is 0 Å². The number of amides is 2. The Morgan fingerprint density at radius 1 is 1.19 bits per heavy atom. The zero-order chi connectivity index (χ0) is 16.0. The Morgan fingerprint density at radius 3 is 2.19 bits per heavy atom. The third-order valence-electron chi connectivity index (χ3n) is 2.90. The maximum absolute atomic E-state index is 12.2. The summed E-state index contributed by atoms with van der Waals surface area (Å²) in [6.45, 7) is 3.93. The van der Waals surface area contributed by atoms with Gasteiger partial charge in [0.25, 0.3) is 0 Å². The molecule has 0 bridgehead atoms. The number of hydrogen-bond donors (Lipinski definition) is 2. The van der Waals surface area contributed by atoms with E-state index in [1.54, 1.807) is 12.1 Å². The van der Waals surface area contributed by atoms with Gasteiger partial charge in [0.15, 0.2) is 0 Å². The van der Waals surface area contributed by atoms with E-state index >= 15 is 0 Å². The molecule has 0 aliphatic carbocycles. The van der Waals surface area contributed by atoms with Crippen molar-refractivity contribution in [2.75, 3.05) is 11.4 Å². The van der Waals surface area contributed by atoms with Gasteiger partial charge in [-0.1, -0.05) is 13.8 Å². The van der Waals surface area contributed by atoms with Gasteiger partial charge in [0.2, 0.25) is 11.8 Å². The lowest BCUT2D eigenvalue weighted by Crippen LogP contribution is -2.33. The number of anilines is 1. The molecule has 2 amide bonds. The number of aliphatic carboxylic acids is 1. The number of primary amides is 1. The highest BCUT2D eigenvalue weighted by Crippen LogP contribution is 2.18. The molecule has 1 aromatic rings. The van der Waals surface area contributed by atoms with Crippen molar-refractivity contribution in [3.63, 3.8) is 0 Å². The van der Waals surface area contributed by atoms with Crippen LogP contribution in [0.1, 0.15) is 37.0 Å². The molecule has 1 rings (SSSR count). The largest absolute Gasteiger partial charge is 0.481 e. The predicted octanol–water partition coefficient (Wildman–Crippen LogP) is 1.64. The number of nitrogens with zero attached hydrogens (tertiary/aromatic N) is 1. The first-order valence-electron chi connectivity index (χ1n) is 6.73. The molecule has 114 valence electrons. The van der Waals surface area contributed by atoms with Gasteiger partial charge in [0, 0.05) is 24.2 Å². The van der Waals surface area contributed by atoms with Crippen LogP contribution in [0.5, 0.6) is 0 Å². The summed E-state index contributed by atoms with van der Waals surface area (Å²) in [4.78, 5) is 35.4. The Bertz CT molecular complexity index is 523. The van der Waals surface area contributed by atoms with Gasteiger partial charge in [0.1, 0.15) is 0 Å². The molecule has 0 saturated carbocycles. The maximum atomic E-state index is 12.2. The van der Waals surface area contributed by atoms with Gasteiger partial charge in [0.05, 0.1) is 6.42 Å². The molecule has 1 aromatic carbocycles. The summed E-state index contributed by atoms with van der Waals surface area (Å²) in [6, 6.07) is 6.24. The predicted molar refractivity (Wildman–Crippen MR) is 79.0 cm³/mol. The van der Waals surface area contributed by atoms with Crippen molar-refractivity contribution in [3.8, 4) is 0 Å². The van der Waals surface area contributed by atoms with E-state index in [2.05, 4.69) is 0 Å². The summed E-state index contributed by atoms with van der Waals surface area (Å²) >= 11 is 0. The van der Waals surface area contributed by atoms with Crippen LogP contribution in [-0.4, -0.2) is 29.4 Å². The average Bonchev–Trinajstić information content (AvgIpc) is 2.38. The van der Waals surface area contributed by atoms with Gasteiger partial charge >= 0.3 is 5.97 Å². The van der Waals surface area contributed by atoms with Crippen molar-refractivity contribution in [1.29, 1.82) is 0 Å². The average molecular weight is 292 g/mol. The van der Waals surface area contributed by atoms with Gasteiger partial charge in [-0.3, -0.25) is 14.4 Å². The molecule has 0 atom stereocenters. The smallest absolute Gasteiger partial charge is 0.305 e. The molecule has 0 fully saturated rings. The number of nitrogens with two attached hydrogens (primary N) is 1. The fourth-order valence-corrected chi connectivity index (χ4v) is 1.87. The van der Waals surface area contributed by atoms with Gasteiger partial charge in [-0.05, 0) is 30.2 Å². The molecule has 6 heteroatoms. The second kappa shape index (κ2) is 7.42. The Labute approximate surface area is 123 Å². The Hall–Kier alpha value is -2.37. The highest BCUT2D eigenvalue weighted by atomic mass is 16.4. The molecule has 0 aliphatic rings. The van der Waals surface area contributed by atoms with Crippen LogP contribution in [0.4, 0.5) is 5.69 Å². The molecule has 0 aliphatic heterocycles. The molecule has 6 nitrogen and oxygen atoms in total. The monoisotopic (exact) mass is 292 g/mol. The number of carboxylic acid groups (broad SMARTS) is 1. The van der Waals surface area contributed by atoms with Gasteiger partial charge in [-0.25, -0.2) is 0 Å². The quantitative estimate of drug-likeness (QED) is 0.797. The van der Waals surface area contributed by atoms with Crippen LogP contribution < -0.4 is 10.6 Å². The maximum Gasteiger partial charge on any atom is 0.305 e. The van der Waals surface area contributed by atoms with E-state index in [0.29, 0.717) is 17.7 Å². The minimum atomic E-state index is -0.967. The number of carbonyl (C=O) groups excluding carboxylic acids is 2. The highest BCUT2D eigenvalue weighted by molar-refractivity contribution is 5.96. The van der Waals surface area contributed by atoms with Crippen LogP contribution >= 0.6 is 0 Å². The van der Waals surface area contributed by atoms with E-state index in [1.165, 1.54) is 17.0 Å². The van der Waals surface area contributed by atoms with Crippen molar-refractivity contribution >= 4 is 23.5 Å². The molecule has 0 saturated heterocycles. The third kappa shape index (κ3) is 5.25. The second-order valence-corrected chi connectivity index (χ2v) is 5.20. The molecule has 0 heterocycles. The lowest BCUT2D eigenvalue weighted by molar-refractivity contribution is -0.136. The summed E-state index contributed by atoms with van der Waals surface area (Å²) in [5, 5.41) is 8.79. The van der Waals surface area contributed by atoms with E-state index in [4.69, 9.17) is 10.8 Å². The molecule has 0 radical (unpaired) electrons. The first kappa shape index (κ1) is 16.7. The molecule has 0 unspecified atom stereocenters. The van der Waals surface area contributed by atoms with E-state index < -0.39 is 11.9 Å². The van der Waals surface area contributed by atoms with Crippen LogP contribution in [-0.2, 0) is 9.59 Å². The molecule has 0 aromatic heterocycles. The SMILES string of the molecule is CC(C)CC(=O)N(CCC(=O)O)c1ccc(C(N)=O)cc1. The van der Waals surface area contributed by atoms with Crippen molar-refractivity contribution in [3.05, 3.63) is 29.8 Å². The van der Waals surface area contributed by atoms with Crippen molar-refractivity contribution in [2.24, 2.45) is 11.7 Å². The van der Waals surface area contributed by atoms with Gasteiger partial charge in [-0.2, -0.15) is 0 Å². The third-order valence-corrected chi connectivity index (χ3v) is 2.90. The van der Waals surface area contributed by atoms with E-state index in [1.807, 2.05) is 13.8 Å². The Balaban J connectivity index is 2.96. The lowest BCUT2D eigenvalue weighted by Gasteiger charge is -2.23. The molecular weight excluding hydrogens is 272 g/mol. The molecule has 21 heavy (non-hydrogen) atoms. The van der Waals surface area contributed by atoms with E-state index in [9.17, 15) is 14.4 Å². The van der Waals surface area contributed by atoms with Crippen molar-refractivity contribution in [1.82, 2.24) is 0 Å². The topological polar surface area (TPSA) is 101 Å². The van der Waals surface area contributed by atoms with E-state index in [-0.39, 0.29) is 24.8 Å². The number of rotatable bonds is 7. The lowest BCUT2D eigenvalue weighted by atomic mass is 10.1. The fraction of sp³-hybridized carbons (Fsp3) is 0.400. The number of hydrogen-bond acceptors (Lipinski definition) is 3. The summed E-state index contributed by atoms with van der Waals surface area (Å²) in [5.74, 6) is -1.48. The minimum Gasteiger partial charge on any atom is -0.481 e. The Kier molecular flexibility index (Phi) is 5.90. The van der Waals surface area contributed by atoms with Crippen LogP contribution in [0.15, 0.2) is 24.3 Å². The fourth-order valence-electron chi connectivity index (χ4n) is 1.87. The molecule has 0 spiro atoms. The standard InChI is InChI=1S/C15H20N2O4/c1-10(2)9-13(18)17(8-7-14(19)20)12-5-3-11(4-6-12)15(16)21/h3-6,10H,7-9H2,1-2H3,(H2,16,21)(H,19,20). The zero-order valence-corrected chi connectivity index (χ0v) is 12.2. The number of carbonyl (C=O) groups is 3. The highest BCUT2D eigenvalue weighted by Gasteiger charge is 2.18. The van der Waals surface area contributed by atoms with Crippen LogP contribution in [0, 0.1) is 5.92 Å². The van der Waals surface area contributed by atoms with E-state index in [0.717, 1.165) is 0 Å².